The average Bonchev–Trinajstić information content (AvgIpc) is 3.06. The SMILES string of the molecule is Cc1cc(NC(=O)COC(=O)CCCc2c[nH]c3ccccc23)ccc1Br. The number of hydrogen-bond acceptors (Lipinski definition) is 3. The van der Waals surface area contributed by atoms with E-state index in [1.165, 1.54) is 10.9 Å². The van der Waals surface area contributed by atoms with E-state index in [1.807, 2.05) is 43.5 Å². The molecule has 0 bridgehead atoms. The van der Waals surface area contributed by atoms with Gasteiger partial charge in [0.2, 0.25) is 0 Å². The van der Waals surface area contributed by atoms with Gasteiger partial charge in [-0.2, -0.15) is 0 Å². The number of hydrogen-bond donors (Lipinski definition) is 2. The fourth-order valence-electron chi connectivity index (χ4n) is 2.90. The van der Waals surface area contributed by atoms with Crippen molar-refractivity contribution in [2.75, 3.05) is 11.9 Å². The van der Waals surface area contributed by atoms with Crippen molar-refractivity contribution in [2.24, 2.45) is 0 Å². The lowest BCUT2D eigenvalue weighted by molar-refractivity contribution is -0.147. The second-order valence-corrected chi connectivity index (χ2v) is 7.24. The molecule has 3 aromatic rings. The topological polar surface area (TPSA) is 71.2 Å². The number of ether oxygens (including phenoxy) is 1. The van der Waals surface area contributed by atoms with Crippen molar-refractivity contribution in [1.29, 1.82) is 0 Å². The Labute approximate surface area is 166 Å². The highest BCUT2D eigenvalue weighted by molar-refractivity contribution is 9.10. The van der Waals surface area contributed by atoms with Crippen LogP contribution in [0.4, 0.5) is 5.69 Å². The predicted octanol–water partition coefficient (Wildman–Crippen LogP) is 4.74. The zero-order valence-corrected chi connectivity index (χ0v) is 16.6. The molecule has 0 radical (unpaired) electrons. The third-order valence-corrected chi connectivity index (χ3v) is 5.20. The Bertz CT molecular complexity index is 965. The lowest BCUT2D eigenvalue weighted by atomic mass is 10.1. The summed E-state index contributed by atoms with van der Waals surface area (Å²) in [5.74, 6) is -0.710. The summed E-state index contributed by atoms with van der Waals surface area (Å²) < 4.78 is 6.04. The number of rotatable bonds is 7. The Morgan fingerprint density at radius 2 is 2.00 bits per heavy atom. The zero-order valence-electron chi connectivity index (χ0n) is 15.0. The number of aryl methyl sites for hydroxylation is 2. The molecule has 6 heteroatoms. The first-order valence-electron chi connectivity index (χ1n) is 8.79. The van der Waals surface area contributed by atoms with E-state index in [9.17, 15) is 9.59 Å². The summed E-state index contributed by atoms with van der Waals surface area (Å²) in [5, 5.41) is 3.90. The molecule has 2 N–H and O–H groups in total. The third-order valence-electron chi connectivity index (χ3n) is 4.31. The fourth-order valence-corrected chi connectivity index (χ4v) is 3.15. The molecule has 0 saturated carbocycles. The highest BCUT2D eigenvalue weighted by Crippen LogP contribution is 2.20. The number of esters is 1. The van der Waals surface area contributed by atoms with Crippen LogP contribution in [0.15, 0.2) is 53.1 Å². The van der Waals surface area contributed by atoms with E-state index in [-0.39, 0.29) is 24.9 Å². The molecule has 1 heterocycles. The molecule has 0 fully saturated rings. The molecule has 1 aromatic heterocycles. The van der Waals surface area contributed by atoms with Crippen molar-refractivity contribution in [2.45, 2.75) is 26.2 Å². The molecular weight excluding hydrogens is 408 g/mol. The van der Waals surface area contributed by atoms with Crippen LogP contribution in [0.5, 0.6) is 0 Å². The maximum Gasteiger partial charge on any atom is 0.306 e. The average molecular weight is 429 g/mol. The Morgan fingerprint density at radius 1 is 1.19 bits per heavy atom. The third kappa shape index (κ3) is 5.20. The van der Waals surface area contributed by atoms with Gasteiger partial charge in [-0.1, -0.05) is 34.1 Å². The monoisotopic (exact) mass is 428 g/mol. The van der Waals surface area contributed by atoms with Gasteiger partial charge in [0.15, 0.2) is 6.61 Å². The van der Waals surface area contributed by atoms with Crippen LogP contribution in [0.25, 0.3) is 10.9 Å². The van der Waals surface area contributed by atoms with Crippen molar-refractivity contribution in [1.82, 2.24) is 4.98 Å². The summed E-state index contributed by atoms with van der Waals surface area (Å²) in [6.07, 6.45) is 3.71. The molecule has 0 unspecified atom stereocenters. The molecule has 27 heavy (non-hydrogen) atoms. The highest BCUT2D eigenvalue weighted by Gasteiger charge is 2.10. The van der Waals surface area contributed by atoms with Crippen LogP contribution in [0, 0.1) is 6.92 Å². The van der Waals surface area contributed by atoms with E-state index in [2.05, 4.69) is 32.3 Å². The number of para-hydroxylation sites is 1. The minimum atomic E-state index is -0.364. The van der Waals surface area contributed by atoms with Gasteiger partial charge in [-0.3, -0.25) is 9.59 Å². The highest BCUT2D eigenvalue weighted by atomic mass is 79.9. The minimum absolute atomic E-state index is 0.277. The van der Waals surface area contributed by atoms with Crippen molar-refractivity contribution >= 4 is 44.4 Å². The molecule has 0 saturated heterocycles. The summed E-state index contributed by atoms with van der Waals surface area (Å²) in [4.78, 5) is 27.0. The lowest BCUT2D eigenvalue weighted by Crippen LogP contribution is -2.20. The number of benzene rings is 2. The van der Waals surface area contributed by atoms with Crippen LogP contribution in [0.3, 0.4) is 0 Å². The molecule has 1 amide bonds. The Morgan fingerprint density at radius 3 is 2.81 bits per heavy atom. The van der Waals surface area contributed by atoms with Crippen LogP contribution < -0.4 is 5.32 Å². The first-order valence-corrected chi connectivity index (χ1v) is 9.59. The first-order chi connectivity index (χ1) is 13.0. The molecule has 140 valence electrons. The number of nitrogens with one attached hydrogen (secondary N) is 2. The standard InChI is InChI=1S/C21H21BrN2O3/c1-14-11-16(9-10-18(14)22)24-20(25)13-27-21(26)8-4-5-15-12-23-19-7-3-2-6-17(15)19/h2-3,6-7,9-12,23H,4-5,8,13H2,1H3,(H,24,25). The van der Waals surface area contributed by atoms with Crippen LogP contribution in [-0.2, 0) is 20.7 Å². The van der Waals surface area contributed by atoms with Crippen LogP contribution in [0.1, 0.15) is 24.0 Å². The Hall–Kier alpha value is -2.60. The van der Waals surface area contributed by atoms with E-state index in [1.54, 1.807) is 6.07 Å². The normalized spacial score (nSPS) is 10.7. The van der Waals surface area contributed by atoms with Crippen LogP contribution in [0.2, 0.25) is 0 Å². The van der Waals surface area contributed by atoms with E-state index < -0.39 is 0 Å². The molecule has 0 spiro atoms. The summed E-state index contributed by atoms with van der Waals surface area (Å²) in [7, 11) is 0. The fraction of sp³-hybridized carbons (Fsp3) is 0.238. The molecule has 0 aliphatic heterocycles. The van der Waals surface area contributed by atoms with E-state index in [0.29, 0.717) is 12.1 Å². The van der Waals surface area contributed by atoms with Gasteiger partial charge in [0.25, 0.3) is 5.91 Å². The van der Waals surface area contributed by atoms with Gasteiger partial charge in [0.1, 0.15) is 0 Å². The van der Waals surface area contributed by atoms with Gasteiger partial charge < -0.3 is 15.0 Å². The van der Waals surface area contributed by atoms with Gasteiger partial charge in [0.05, 0.1) is 0 Å². The van der Waals surface area contributed by atoms with Crippen LogP contribution >= 0.6 is 15.9 Å². The van der Waals surface area contributed by atoms with Gasteiger partial charge in [-0.25, -0.2) is 0 Å². The summed E-state index contributed by atoms with van der Waals surface area (Å²) >= 11 is 3.41. The second kappa shape index (κ2) is 8.86. The molecular formula is C21H21BrN2O3. The maximum atomic E-state index is 11.9. The Balaban J connectivity index is 1.40. The molecule has 0 atom stereocenters. The smallest absolute Gasteiger partial charge is 0.306 e. The minimum Gasteiger partial charge on any atom is -0.456 e. The van der Waals surface area contributed by atoms with Crippen LogP contribution in [-0.4, -0.2) is 23.5 Å². The van der Waals surface area contributed by atoms with Gasteiger partial charge in [0, 0.05) is 33.7 Å². The second-order valence-electron chi connectivity index (χ2n) is 6.39. The zero-order chi connectivity index (χ0) is 19.2. The van der Waals surface area contributed by atoms with E-state index in [0.717, 1.165) is 22.0 Å². The first kappa shape index (κ1) is 19.2. The Kier molecular flexibility index (Phi) is 6.29. The van der Waals surface area contributed by atoms with Gasteiger partial charge in [-0.05, 0) is 55.2 Å². The molecule has 0 aliphatic carbocycles. The number of halogens is 1. The summed E-state index contributed by atoms with van der Waals surface area (Å²) in [5.41, 5.74) is 3.97. The number of carbonyl (C=O) groups excluding carboxylic acids is 2. The number of anilines is 1. The number of carbonyl (C=O) groups is 2. The van der Waals surface area contributed by atoms with Crippen molar-refractivity contribution < 1.29 is 14.3 Å². The van der Waals surface area contributed by atoms with Crippen molar-refractivity contribution in [3.8, 4) is 0 Å². The van der Waals surface area contributed by atoms with E-state index in [4.69, 9.17) is 4.74 Å². The number of aromatic amines is 1. The predicted molar refractivity (Wildman–Crippen MR) is 110 cm³/mol. The number of fused-ring (bicyclic) bond motifs is 1. The lowest BCUT2D eigenvalue weighted by Gasteiger charge is -2.08. The van der Waals surface area contributed by atoms with E-state index >= 15 is 0 Å². The number of H-pyrrole nitrogens is 1. The summed E-state index contributed by atoms with van der Waals surface area (Å²) in [6, 6.07) is 13.6. The molecule has 0 aliphatic rings. The summed E-state index contributed by atoms with van der Waals surface area (Å²) in [6.45, 7) is 1.66. The van der Waals surface area contributed by atoms with Gasteiger partial charge >= 0.3 is 5.97 Å². The van der Waals surface area contributed by atoms with Crippen molar-refractivity contribution in [3.05, 3.63) is 64.3 Å². The molecule has 3 rings (SSSR count). The molecule has 5 nitrogen and oxygen atoms in total. The quantitative estimate of drug-likeness (QED) is 0.533. The largest absolute Gasteiger partial charge is 0.456 e. The van der Waals surface area contributed by atoms with Gasteiger partial charge in [-0.15, -0.1) is 0 Å². The number of aromatic nitrogens is 1. The van der Waals surface area contributed by atoms with Crippen molar-refractivity contribution in [3.63, 3.8) is 0 Å². The maximum absolute atomic E-state index is 11.9. The molecule has 2 aromatic carbocycles. The number of amides is 1.